The second-order valence-corrected chi connectivity index (χ2v) is 5.97. The van der Waals surface area contributed by atoms with Gasteiger partial charge in [0.05, 0.1) is 0 Å². The lowest BCUT2D eigenvalue weighted by Crippen LogP contribution is -2.39. The van der Waals surface area contributed by atoms with Crippen LogP contribution in [-0.2, 0) is 20.9 Å². The number of hydrogen-bond donors (Lipinski definition) is 0. The van der Waals surface area contributed by atoms with E-state index in [4.69, 9.17) is 4.74 Å². The summed E-state index contributed by atoms with van der Waals surface area (Å²) < 4.78 is 5.24. The number of piperidine rings is 1. The third-order valence-electron chi connectivity index (χ3n) is 4.11. The number of nitrogens with zero attached hydrogens (tertiary/aromatic N) is 1. The van der Waals surface area contributed by atoms with Crippen molar-refractivity contribution >= 4 is 11.9 Å². The summed E-state index contributed by atoms with van der Waals surface area (Å²) in [4.78, 5) is 26.0. The summed E-state index contributed by atoms with van der Waals surface area (Å²) in [5.74, 6) is -0.167. The fraction of sp³-hybridized carbons (Fsp3) is 0.556. The number of carbonyl (C=O) groups is 2. The average molecular weight is 303 g/mol. The van der Waals surface area contributed by atoms with E-state index in [1.54, 1.807) is 0 Å². The van der Waals surface area contributed by atoms with Crippen molar-refractivity contribution in [3.8, 4) is 0 Å². The van der Waals surface area contributed by atoms with Crippen LogP contribution < -0.4 is 0 Å². The largest absolute Gasteiger partial charge is 0.461 e. The first-order valence-electron chi connectivity index (χ1n) is 8.15. The molecule has 4 nitrogen and oxygen atoms in total. The molecule has 1 atom stereocenters. The van der Waals surface area contributed by atoms with Gasteiger partial charge in [-0.1, -0.05) is 37.3 Å². The minimum Gasteiger partial charge on any atom is -0.461 e. The standard InChI is InChI=1S/C18H25NO3/c1-15(18(21)19-12-6-3-7-13-19)10-11-17(20)22-14-16-8-4-2-5-9-16/h2,4-5,8-9,15H,3,6-7,10-14H2,1H3. The quantitative estimate of drug-likeness (QED) is 0.758. The Morgan fingerprint density at radius 2 is 1.82 bits per heavy atom. The molecule has 0 saturated carbocycles. The smallest absolute Gasteiger partial charge is 0.306 e. The minimum absolute atomic E-state index is 0.109. The van der Waals surface area contributed by atoms with Gasteiger partial charge in [-0.25, -0.2) is 0 Å². The predicted octanol–water partition coefficient (Wildman–Crippen LogP) is 3.16. The van der Waals surface area contributed by atoms with E-state index < -0.39 is 0 Å². The Labute approximate surface area is 132 Å². The molecule has 4 heteroatoms. The first-order valence-corrected chi connectivity index (χ1v) is 8.15. The number of likely N-dealkylation sites (tertiary alicyclic amines) is 1. The number of esters is 1. The maximum absolute atomic E-state index is 12.3. The molecule has 1 aliphatic heterocycles. The van der Waals surface area contributed by atoms with E-state index in [0.29, 0.717) is 19.4 Å². The SMILES string of the molecule is CC(CCC(=O)OCc1ccccc1)C(=O)N1CCCCC1. The molecule has 1 aromatic carbocycles. The molecule has 1 amide bonds. The minimum atomic E-state index is -0.234. The van der Waals surface area contributed by atoms with Gasteiger partial charge < -0.3 is 9.64 Å². The number of rotatable bonds is 6. The zero-order valence-electron chi connectivity index (χ0n) is 13.3. The highest BCUT2D eigenvalue weighted by Gasteiger charge is 2.22. The molecule has 22 heavy (non-hydrogen) atoms. The molecule has 0 aromatic heterocycles. The van der Waals surface area contributed by atoms with Gasteiger partial charge in [-0.3, -0.25) is 9.59 Å². The van der Waals surface area contributed by atoms with Gasteiger partial charge in [0.25, 0.3) is 0 Å². The Morgan fingerprint density at radius 1 is 1.14 bits per heavy atom. The molecule has 0 spiro atoms. The van der Waals surface area contributed by atoms with Crippen molar-refractivity contribution in [3.63, 3.8) is 0 Å². The maximum atomic E-state index is 12.3. The van der Waals surface area contributed by atoms with E-state index in [9.17, 15) is 9.59 Å². The second-order valence-electron chi connectivity index (χ2n) is 5.97. The third kappa shape index (κ3) is 5.17. The molecule has 0 N–H and O–H groups in total. The summed E-state index contributed by atoms with van der Waals surface area (Å²) in [5, 5.41) is 0. The first kappa shape index (κ1) is 16.5. The fourth-order valence-electron chi connectivity index (χ4n) is 2.69. The van der Waals surface area contributed by atoms with Crippen molar-refractivity contribution in [1.82, 2.24) is 4.90 Å². The highest BCUT2D eigenvalue weighted by Crippen LogP contribution is 2.16. The number of ether oxygens (including phenoxy) is 1. The van der Waals surface area contributed by atoms with Crippen LogP contribution in [0.4, 0.5) is 0 Å². The lowest BCUT2D eigenvalue weighted by atomic mass is 10.0. The number of carbonyl (C=O) groups excluding carboxylic acids is 2. The molecule has 1 aliphatic rings. The number of hydrogen-bond acceptors (Lipinski definition) is 3. The summed E-state index contributed by atoms with van der Waals surface area (Å²) in [6.07, 6.45) is 4.26. The van der Waals surface area contributed by atoms with Crippen LogP contribution in [-0.4, -0.2) is 29.9 Å². The van der Waals surface area contributed by atoms with Gasteiger partial charge in [0, 0.05) is 25.4 Å². The molecule has 1 aromatic rings. The molecule has 2 rings (SSSR count). The van der Waals surface area contributed by atoms with Gasteiger partial charge >= 0.3 is 5.97 Å². The van der Waals surface area contributed by atoms with Crippen molar-refractivity contribution in [3.05, 3.63) is 35.9 Å². The maximum Gasteiger partial charge on any atom is 0.306 e. The van der Waals surface area contributed by atoms with Crippen molar-refractivity contribution in [2.45, 2.75) is 45.6 Å². The summed E-state index contributed by atoms with van der Waals surface area (Å²) in [6, 6.07) is 9.62. The van der Waals surface area contributed by atoms with Crippen molar-refractivity contribution in [2.75, 3.05) is 13.1 Å². The molecule has 1 saturated heterocycles. The van der Waals surface area contributed by atoms with Crippen molar-refractivity contribution < 1.29 is 14.3 Å². The van der Waals surface area contributed by atoms with Gasteiger partial charge in [-0.15, -0.1) is 0 Å². The molecule has 0 radical (unpaired) electrons. The van der Waals surface area contributed by atoms with Gasteiger partial charge in [-0.05, 0) is 31.2 Å². The molecular weight excluding hydrogens is 278 g/mol. The van der Waals surface area contributed by atoms with E-state index in [-0.39, 0.29) is 17.8 Å². The summed E-state index contributed by atoms with van der Waals surface area (Å²) in [5.41, 5.74) is 0.980. The summed E-state index contributed by atoms with van der Waals surface area (Å²) >= 11 is 0. The fourth-order valence-corrected chi connectivity index (χ4v) is 2.69. The van der Waals surface area contributed by atoms with E-state index in [2.05, 4.69) is 0 Å². The van der Waals surface area contributed by atoms with E-state index >= 15 is 0 Å². The molecular formula is C18H25NO3. The predicted molar refractivity (Wildman–Crippen MR) is 85.1 cm³/mol. The Morgan fingerprint density at radius 3 is 2.50 bits per heavy atom. The van der Waals surface area contributed by atoms with Crippen LogP contribution in [0.3, 0.4) is 0 Å². The van der Waals surface area contributed by atoms with Crippen LogP contribution in [0.2, 0.25) is 0 Å². The Hall–Kier alpha value is -1.84. The first-order chi connectivity index (χ1) is 10.7. The highest BCUT2D eigenvalue weighted by atomic mass is 16.5. The third-order valence-corrected chi connectivity index (χ3v) is 4.11. The van der Waals surface area contributed by atoms with Crippen LogP contribution in [0.1, 0.15) is 44.6 Å². The molecule has 0 aliphatic carbocycles. The highest BCUT2D eigenvalue weighted by molar-refractivity contribution is 5.79. The van der Waals surface area contributed by atoms with E-state index in [0.717, 1.165) is 31.5 Å². The number of benzene rings is 1. The normalized spacial score (nSPS) is 16.1. The Kier molecular flexibility index (Phi) is 6.44. The van der Waals surface area contributed by atoms with Crippen molar-refractivity contribution in [2.24, 2.45) is 5.92 Å². The van der Waals surface area contributed by atoms with Crippen molar-refractivity contribution in [1.29, 1.82) is 0 Å². The van der Waals surface area contributed by atoms with Gasteiger partial charge in [0.2, 0.25) is 5.91 Å². The molecule has 1 unspecified atom stereocenters. The lowest BCUT2D eigenvalue weighted by molar-refractivity contribution is -0.145. The molecule has 120 valence electrons. The van der Waals surface area contributed by atoms with Gasteiger partial charge in [0.1, 0.15) is 6.61 Å². The lowest BCUT2D eigenvalue weighted by Gasteiger charge is -2.29. The Balaban J connectivity index is 1.67. The van der Waals surface area contributed by atoms with Crippen LogP contribution in [0.5, 0.6) is 0 Å². The number of amides is 1. The zero-order valence-corrected chi connectivity index (χ0v) is 13.3. The Bertz CT molecular complexity index is 480. The van der Waals surface area contributed by atoms with Crippen LogP contribution >= 0.6 is 0 Å². The van der Waals surface area contributed by atoms with Gasteiger partial charge in [-0.2, -0.15) is 0 Å². The topological polar surface area (TPSA) is 46.6 Å². The van der Waals surface area contributed by atoms with Crippen LogP contribution in [0.25, 0.3) is 0 Å². The molecule has 1 fully saturated rings. The summed E-state index contributed by atoms with van der Waals surface area (Å²) in [7, 11) is 0. The van der Waals surface area contributed by atoms with Gasteiger partial charge in [0.15, 0.2) is 0 Å². The average Bonchev–Trinajstić information content (AvgIpc) is 2.58. The molecule has 1 heterocycles. The van der Waals surface area contributed by atoms with E-state index in [1.807, 2.05) is 42.2 Å². The second kappa shape index (κ2) is 8.57. The van der Waals surface area contributed by atoms with E-state index in [1.165, 1.54) is 6.42 Å². The van der Waals surface area contributed by atoms with Crippen LogP contribution in [0.15, 0.2) is 30.3 Å². The zero-order chi connectivity index (χ0) is 15.8. The van der Waals surface area contributed by atoms with Crippen LogP contribution in [0, 0.1) is 5.92 Å². The molecule has 0 bridgehead atoms. The monoisotopic (exact) mass is 303 g/mol. The summed E-state index contributed by atoms with van der Waals surface area (Å²) in [6.45, 7) is 3.93.